The Morgan fingerprint density at radius 3 is 1.27 bits per heavy atom. The molecule has 0 aromatic rings. The molecule has 0 aliphatic carbocycles. The van der Waals surface area contributed by atoms with E-state index in [4.69, 9.17) is 27.4 Å². The maximum Gasteiger partial charge on any atom is 0.394 e. The monoisotopic (exact) mass is 275 g/mol. The first-order valence-corrected chi connectivity index (χ1v) is 3.02. The van der Waals surface area contributed by atoms with Crippen molar-refractivity contribution in [3.8, 4) is 0 Å². The van der Waals surface area contributed by atoms with Crippen molar-refractivity contribution in [1.82, 2.24) is 0 Å². The van der Waals surface area contributed by atoms with Gasteiger partial charge in [-0.25, -0.2) is 0 Å². The molecular weight excluding hydrogens is 270 g/mol. The summed E-state index contributed by atoms with van der Waals surface area (Å²) in [6.45, 7) is 1.08. The van der Waals surface area contributed by atoms with E-state index in [1.807, 2.05) is 0 Å². The molecule has 0 aromatic heterocycles. The van der Waals surface area contributed by atoms with Gasteiger partial charge in [0, 0.05) is 40.2 Å². The molecule has 1 radical (unpaired) electrons. The van der Waals surface area contributed by atoms with Crippen molar-refractivity contribution >= 4 is 16.4 Å². The molecule has 0 atom stereocenters. The van der Waals surface area contributed by atoms with Crippen molar-refractivity contribution < 1.29 is 60.7 Å². The fourth-order valence-electron chi connectivity index (χ4n) is 0. The first-order valence-electron chi connectivity index (χ1n) is 1.63. The molecule has 0 rings (SSSR count). The summed E-state index contributed by atoms with van der Waals surface area (Å²) in [6, 6.07) is 0. The van der Waals surface area contributed by atoms with Crippen LogP contribution in [0.5, 0.6) is 0 Å². The van der Waals surface area contributed by atoms with Crippen molar-refractivity contribution in [2.45, 2.75) is 6.92 Å². The Morgan fingerprint density at radius 1 is 1.27 bits per heavy atom. The summed E-state index contributed by atoms with van der Waals surface area (Å²) in [7, 11) is -4.67. The van der Waals surface area contributed by atoms with Gasteiger partial charge in [0.05, 0.1) is 0 Å². The smallest absolute Gasteiger partial charge is 0.394 e. The minimum Gasteiger partial charge on any atom is -0.481 e. The Labute approximate surface area is 84.1 Å². The summed E-state index contributed by atoms with van der Waals surface area (Å²) in [5.74, 6) is -0.833. The number of carboxylic acid groups (broad SMARTS) is 1. The molecule has 0 heterocycles. The van der Waals surface area contributed by atoms with E-state index in [2.05, 4.69) is 0 Å². The quantitative estimate of drug-likeness (QED) is 0.403. The van der Waals surface area contributed by atoms with Gasteiger partial charge in [0.1, 0.15) is 0 Å². The van der Waals surface area contributed by atoms with Gasteiger partial charge in [-0.3, -0.25) is 13.9 Å². The minimum atomic E-state index is -4.67. The molecule has 75 valence electrons. The summed E-state index contributed by atoms with van der Waals surface area (Å²) in [5, 5.41) is 7.42. The normalized spacial score (nSPS) is 7.55. The molecule has 0 unspecified atom stereocenters. The van der Waals surface area contributed by atoms with Crippen LogP contribution in [0.25, 0.3) is 0 Å². The van der Waals surface area contributed by atoms with Gasteiger partial charge in [0.25, 0.3) is 5.97 Å². The van der Waals surface area contributed by atoms with E-state index in [-0.39, 0.29) is 33.3 Å². The van der Waals surface area contributed by atoms with Gasteiger partial charge >= 0.3 is 10.4 Å². The van der Waals surface area contributed by atoms with Crippen molar-refractivity contribution in [2.75, 3.05) is 0 Å². The van der Waals surface area contributed by atoms with Crippen LogP contribution in [0, 0.1) is 0 Å². The first kappa shape index (κ1) is 22.5. The fourth-order valence-corrected chi connectivity index (χ4v) is 0. The van der Waals surface area contributed by atoms with Gasteiger partial charge in [-0.05, 0) is 0 Å². The molecule has 9 heteroatoms. The summed E-state index contributed by atoms with van der Waals surface area (Å²) >= 11 is 0. The second kappa shape index (κ2) is 10.3. The molecule has 0 spiro atoms. The number of hydrogen-bond donors (Lipinski definition) is 3. The molecule has 0 aliphatic rings. The van der Waals surface area contributed by atoms with E-state index in [0.29, 0.717) is 0 Å². The minimum absolute atomic E-state index is 0. The zero-order valence-corrected chi connectivity index (χ0v) is 7.97. The maximum absolute atomic E-state index is 9.00. The molecule has 0 saturated carbocycles. The average molecular weight is 276 g/mol. The van der Waals surface area contributed by atoms with Crippen LogP contribution in [-0.4, -0.2) is 28.6 Å². The Kier molecular flexibility index (Phi) is 21.2. The molecule has 0 fully saturated rings. The third-order valence-corrected chi connectivity index (χ3v) is 0. The van der Waals surface area contributed by atoms with E-state index >= 15 is 0 Å². The molecule has 0 aliphatic heterocycles. The van der Waals surface area contributed by atoms with Crippen LogP contribution >= 0.6 is 0 Å². The zero-order chi connectivity index (χ0) is 8.08. The standard InChI is InChI=1S/C2H4O2.Co.Ni.H2O4S/c1-2(3)4;;;1-5(2,3)4/h1H3,(H,3,4);;;(H2,1,2,3,4). The van der Waals surface area contributed by atoms with E-state index in [1.165, 1.54) is 0 Å². The number of carbonyl (C=O) groups is 1. The van der Waals surface area contributed by atoms with Crippen molar-refractivity contribution in [1.29, 1.82) is 0 Å². The Balaban J connectivity index is -0.0000000383. The zero-order valence-electron chi connectivity index (χ0n) is 5.12. The maximum atomic E-state index is 9.00. The molecule has 0 saturated heterocycles. The summed E-state index contributed by atoms with van der Waals surface area (Å²) < 4.78 is 31.6. The molecule has 0 amide bonds. The SMILES string of the molecule is CC(=O)O.O=S(=O)(O)O.[Co].[Ni]. The number of aliphatic carboxylic acids is 1. The molecule has 11 heavy (non-hydrogen) atoms. The van der Waals surface area contributed by atoms with Gasteiger partial charge in [-0.2, -0.15) is 8.42 Å². The Morgan fingerprint density at radius 2 is 1.27 bits per heavy atom. The van der Waals surface area contributed by atoms with Crippen LogP contribution in [0.4, 0.5) is 0 Å². The van der Waals surface area contributed by atoms with Crippen molar-refractivity contribution in [3.63, 3.8) is 0 Å². The van der Waals surface area contributed by atoms with E-state index in [0.717, 1.165) is 6.92 Å². The third kappa shape index (κ3) is 6220. The third-order valence-electron chi connectivity index (χ3n) is 0. The van der Waals surface area contributed by atoms with Gasteiger partial charge in [0.2, 0.25) is 0 Å². The van der Waals surface area contributed by atoms with Gasteiger partial charge in [-0.15, -0.1) is 0 Å². The second-order valence-electron chi connectivity index (χ2n) is 0.967. The molecule has 0 aromatic carbocycles. The number of hydrogen-bond acceptors (Lipinski definition) is 3. The van der Waals surface area contributed by atoms with E-state index in [9.17, 15) is 0 Å². The van der Waals surface area contributed by atoms with Crippen LogP contribution < -0.4 is 0 Å². The van der Waals surface area contributed by atoms with E-state index in [1.54, 1.807) is 0 Å². The molecule has 6 nitrogen and oxygen atoms in total. The average Bonchev–Trinajstić information content (AvgIpc) is 1.19. The summed E-state index contributed by atoms with van der Waals surface area (Å²) in [6.07, 6.45) is 0. The van der Waals surface area contributed by atoms with Crippen LogP contribution in [0.3, 0.4) is 0 Å². The van der Waals surface area contributed by atoms with Crippen LogP contribution in [-0.2, 0) is 48.5 Å². The Bertz CT molecular complexity index is 163. The summed E-state index contributed by atoms with van der Waals surface area (Å²) in [5.41, 5.74) is 0. The van der Waals surface area contributed by atoms with Crippen molar-refractivity contribution in [2.24, 2.45) is 0 Å². The van der Waals surface area contributed by atoms with Gasteiger partial charge < -0.3 is 5.11 Å². The molecule has 0 bridgehead atoms. The first-order chi connectivity index (χ1) is 3.73. The number of carboxylic acids is 1. The molecular formula is C2H6CoNiO6S. The fraction of sp³-hybridized carbons (Fsp3) is 0.500. The van der Waals surface area contributed by atoms with E-state index < -0.39 is 16.4 Å². The predicted octanol–water partition coefficient (Wildman–Crippen LogP) is -0.567. The van der Waals surface area contributed by atoms with Crippen LogP contribution in [0.1, 0.15) is 6.92 Å². The topological polar surface area (TPSA) is 112 Å². The van der Waals surface area contributed by atoms with Crippen LogP contribution in [0.2, 0.25) is 0 Å². The largest absolute Gasteiger partial charge is 0.481 e. The van der Waals surface area contributed by atoms with Crippen molar-refractivity contribution in [3.05, 3.63) is 0 Å². The summed E-state index contributed by atoms with van der Waals surface area (Å²) in [4.78, 5) is 9.00. The van der Waals surface area contributed by atoms with Gasteiger partial charge in [-0.1, -0.05) is 0 Å². The van der Waals surface area contributed by atoms with Gasteiger partial charge in [0.15, 0.2) is 0 Å². The number of rotatable bonds is 0. The predicted molar refractivity (Wildman–Crippen MR) is 27.5 cm³/mol. The Hall–Kier alpha value is 0.340. The second-order valence-corrected chi connectivity index (χ2v) is 1.86. The van der Waals surface area contributed by atoms with Crippen LogP contribution in [0.15, 0.2) is 0 Å². The molecule has 3 N–H and O–H groups in total.